The van der Waals surface area contributed by atoms with Gasteiger partial charge in [-0.05, 0) is 47.4 Å². The third kappa shape index (κ3) is 3.68. The van der Waals surface area contributed by atoms with Crippen LogP contribution in [0, 0.1) is 0 Å². The summed E-state index contributed by atoms with van der Waals surface area (Å²) >= 11 is 1.66. The highest BCUT2D eigenvalue weighted by molar-refractivity contribution is 7.89. The van der Waals surface area contributed by atoms with Crippen LogP contribution in [0.3, 0.4) is 0 Å². The molecule has 0 saturated heterocycles. The molecule has 5 nitrogen and oxygen atoms in total. The Balaban J connectivity index is 1.82. The molecule has 1 aliphatic rings. The van der Waals surface area contributed by atoms with Crippen LogP contribution in [0.25, 0.3) is 0 Å². The van der Waals surface area contributed by atoms with Crippen molar-refractivity contribution in [2.75, 3.05) is 20.8 Å². The third-order valence-electron chi connectivity index (χ3n) is 4.96. The first-order valence-electron chi connectivity index (χ1n) is 8.25. The number of ether oxygens (including phenoxy) is 2. The van der Waals surface area contributed by atoms with Gasteiger partial charge in [0, 0.05) is 18.0 Å². The average Bonchev–Trinajstić information content (AvgIpc) is 3.31. The molecule has 0 unspecified atom stereocenters. The minimum atomic E-state index is -3.62. The quantitative estimate of drug-likeness (QED) is 0.796. The Morgan fingerprint density at radius 2 is 1.84 bits per heavy atom. The van der Waals surface area contributed by atoms with Crippen LogP contribution >= 0.6 is 11.3 Å². The molecule has 3 rings (SSSR count). The summed E-state index contributed by atoms with van der Waals surface area (Å²) in [5.41, 5.74) is 1.15. The van der Waals surface area contributed by atoms with Crippen molar-refractivity contribution in [1.82, 2.24) is 4.72 Å². The Hall–Kier alpha value is -1.57. The van der Waals surface area contributed by atoms with Crippen LogP contribution < -0.4 is 14.2 Å². The molecule has 1 heterocycles. The van der Waals surface area contributed by atoms with Crippen molar-refractivity contribution in [2.45, 2.75) is 36.0 Å². The van der Waals surface area contributed by atoms with Gasteiger partial charge in [0.2, 0.25) is 10.0 Å². The van der Waals surface area contributed by atoms with Gasteiger partial charge in [-0.2, -0.15) is 11.3 Å². The van der Waals surface area contributed by atoms with Crippen LogP contribution in [0.5, 0.6) is 11.5 Å². The van der Waals surface area contributed by atoms with Crippen molar-refractivity contribution >= 4 is 21.4 Å². The fraction of sp³-hybridized carbons (Fsp3) is 0.444. The number of rotatable bonds is 7. The second-order valence-corrected chi connectivity index (χ2v) is 8.89. The van der Waals surface area contributed by atoms with Crippen molar-refractivity contribution < 1.29 is 17.9 Å². The van der Waals surface area contributed by atoms with Crippen molar-refractivity contribution in [1.29, 1.82) is 0 Å². The molecule has 0 radical (unpaired) electrons. The lowest BCUT2D eigenvalue weighted by molar-refractivity contribution is 0.354. The van der Waals surface area contributed by atoms with Crippen LogP contribution in [-0.2, 0) is 15.4 Å². The number of hydrogen-bond acceptors (Lipinski definition) is 5. The predicted molar refractivity (Wildman–Crippen MR) is 99.2 cm³/mol. The van der Waals surface area contributed by atoms with E-state index in [1.54, 1.807) is 17.4 Å². The summed E-state index contributed by atoms with van der Waals surface area (Å²) < 4.78 is 38.7. The Labute approximate surface area is 153 Å². The fourth-order valence-electron chi connectivity index (χ4n) is 3.49. The van der Waals surface area contributed by atoms with E-state index < -0.39 is 10.0 Å². The number of thiophene rings is 1. The normalized spacial score (nSPS) is 16.7. The lowest BCUT2D eigenvalue weighted by Crippen LogP contribution is -2.38. The standard InChI is InChI=1S/C18H23NO4S2/c1-22-16-6-5-15(11-17(16)23-2)25(20,21)19-13-18(8-3-4-9-18)14-7-10-24-12-14/h5-7,10-12,19H,3-4,8-9,13H2,1-2H3. The van der Waals surface area contributed by atoms with Gasteiger partial charge in [-0.25, -0.2) is 13.1 Å². The van der Waals surface area contributed by atoms with E-state index in [1.165, 1.54) is 31.9 Å². The van der Waals surface area contributed by atoms with Gasteiger partial charge in [0.1, 0.15) is 0 Å². The summed E-state index contributed by atoms with van der Waals surface area (Å²) in [4.78, 5) is 0.184. The van der Waals surface area contributed by atoms with Crippen LogP contribution in [-0.4, -0.2) is 29.2 Å². The Morgan fingerprint density at radius 3 is 2.44 bits per heavy atom. The topological polar surface area (TPSA) is 64.6 Å². The molecule has 0 aliphatic heterocycles. The van der Waals surface area contributed by atoms with Gasteiger partial charge in [0.05, 0.1) is 19.1 Å². The fourth-order valence-corrected chi connectivity index (χ4v) is 5.41. The lowest BCUT2D eigenvalue weighted by atomic mass is 9.81. The Kier molecular flexibility index (Phi) is 5.36. The number of hydrogen-bond donors (Lipinski definition) is 1. The molecule has 1 saturated carbocycles. The SMILES string of the molecule is COc1ccc(S(=O)(=O)NCC2(c3ccsc3)CCCC2)cc1OC. The molecule has 1 N–H and O–H groups in total. The summed E-state index contributed by atoms with van der Waals surface area (Å²) in [7, 11) is -0.602. The van der Waals surface area contributed by atoms with Gasteiger partial charge in [-0.15, -0.1) is 0 Å². The minimum absolute atomic E-state index is 0.0936. The van der Waals surface area contributed by atoms with Crippen molar-refractivity contribution in [2.24, 2.45) is 0 Å². The van der Waals surface area contributed by atoms with Crippen molar-refractivity contribution in [3.8, 4) is 11.5 Å². The highest BCUT2D eigenvalue weighted by atomic mass is 32.2. The summed E-state index contributed by atoms with van der Waals surface area (Å²) in [6, 6.07) is 6.75. The summed E-state index contributed by atoms with van der Waals surface area (Å²) in [5, 5.41) is 4.19. The average molecular weight is 382 g/mol. The molecule has 0 bridgehead atoms. The molecule has 25 heavy (non-hydrogen) atoms. The molecule has 1 fully saturated rings. The second kappa shape index (κ2) is 7.35. The van der Waals surface area contributed by atoms with Gasteiger partial charge >= 0.3 is 0 Å². The number of nitrogens with one attached hydrogen (secondary N) is 1. The molecule has 1 aliphatic carbocycles. The summed E-state index contributed by atoms with van der Waals surface area (Å²) in [6.45, 7) is 0.417. The molecule has 0 amide bonds. The molecule has 0 atom stereocenters. The number of methoxy groups -OCH3 is 2. The van der Waals surface area contributed by atoms with Gasteiger partial charge in [0.15, 0.2) is 11.5 Å². The number of benzene rings is 1. The Bertz CT molecular complexity index is 810. The van der Waals surface area contributed by atoms with E-state index in [0.717, 1.165) is 25.7 Å². The maximum Gasteiger partial charge on any atom is 0.240 e. The minimum Gasteiger partial charge on any atom is -0.493 e. The van der Waals surface area contributed by atoms with Gasteiger partial charge in [-0.3, -0.25) is 0 Å². The zero-order valence-corrected chi connectivity index (χ0v) is 16.1. The van der Waals surface area contributed by atoms with E-state index in [-0.39, 0.29) is 10.3 Å². The van der Waals surface area contributed by atoms with E-state index in [4.69, 9.17) is 9.47 Å². The zero-order valence-electron chi connectivity index (χ0n) is 14.4. The monoisotopic (exact) mass is 381 g/mol. The van der Waals surface area contributed by atoms with E-state index in [2.05, 4.69) is 21.5 Å². The smallest absolute Gasteiger partial charge is 0.240 e. The summed E-state index contributed by atoms with van der Waals surface area (Å²) in [5.74, 6) is 0.908. The Morgan fingerprint density at radius 1 is 1.12 bits per heavy atom. The van der Waals surface area contributed by atoms with Crippen molar-refractivity contribution in [3.63, 3.8) is 0 Å². The molecular formula is C18H23NO4S2. The maximum atomic E-state index is 12.8. The highest BCUT2D eigenvalue weighted by Crippen LogP contribution is 2.41. The van der Waals surface area contributed by atoms with Crippen LogP contribution in [0.1, 0.15) is 31.2 Å². The maximum absolute atomic E-state index is 12.8. The van der Waals surface area contributed by atoms with E-state index in [9.17, 15) is 8.42 Å². The molecular weight excluding hydrogens is 358 g/mol. The van der Waals surface area contributed by atoms with Crippen LogP contribution in [0.2, 0.25) is 0 Å². The molecule has 136 valence electrons. The predicted octanol–water partition coefficient (Wildman–Crippen LogP) is 3.56. The van der Waals surface area contributed by atoms with Crippen LogP contribution in [0.4, 0.5) is 0 Å². The molecule has 0 spiro atoms. The van der Waals surface area contributed by atoms with E-state index in [1.807, 2.05) is 0 Å². The van der Waals surface area contributed by atoms with Gasteiger partial charge < -0.3 is 9.47 Å². The van der Waals surface area contributed by atoms with E-state index >= 15 is 0 Å². The largest absolute Gasteiger partial charge is 0.493 e. The van der Waals surface area contributed by atoms with Gasteiger partial charge in [0.25, 0.3) is 0 Å². The van der Waals surface area contributed by atoms with E-state index in [0.29, 0.717) is 18.0 Å². The lowest BCUT2D eigenvalue weighted by Gasteiger charge is -2.28. The first kappa shape index (κ1) is 18.2. The highest BCUT2D eigenvalue weighted by Gasteiger charge is 2.37. The van der Waals surface area contributed by atoms with Crippen LogP contribution in [0.15, 0.2) is 39.9 Å². The summed E-state index contributed by atoms with van der Waals surface area (Å²) in [6.07, 6.45) is 4.29. The van der Waals surface area contributed by atoms with Crippen molar-refractivity contribution in [3.05, 3.63) is 40.6 Å². The first-order chi connectivity index (χ1) is 12.0. The molecule has 1 aromatic heterocycles. The first-order valence-corrected chi connectivity index (χ1v) is 10.7. The zero-order chi connectivity index (χ0) is 17.9. The molecule has 7 heteroatoms. The van der Waals surface area contributed by atoms with Gasteiger partial charge in [-0.1, -0.05) is 12.8 Å². The molecule has 2 aromatic rings. The third-order valence-corrected chi connectivity index (χ3v) is 7.04. The molecule has 1 aromatic carbocycles. The number of sulfonamides is 1. The second-order valence-electron chi connectivity index (χ2n) is 6.34.